The maximum atomic E-state index is 12.9. The first kappa shape index (κ1) is 17.2. The van der Waals surface area contributed by atoms with E-state index in [1.807, 2.05) is 41.4 Å². The third-order valence-corrected chi connectivity index (χ3v) is 5.46. The minimum Gasteiger partial charge on any atom is -0.332 e. The van der Waals surface area contributed by atoms with Gasteiger partial charge in [-0.3, -0.25) is 4.79 Å². The molecule has 5 heteroatoms. The second-order valence-electron chi connectivity index (χ2n) is 7.45. The van der Waals surface area contributed by atoms with Crippen molar-refractivity contribution in [3.05, 3.63) is 59.2 Å². The van der Waals surface area contributed by atoms with Crippen LogP contribution in [0.1, 0.15) is 47.9 Å². The summed E-state index contributed by atoms with van der Waals surface area (Å²) in [5.41, 5.74) is 3.45. The Morgan fingerprint density at radius 2 is 2.04 bits per heavy atom. The summed E-state index contributed by atoms with van der Waals surface area (Å²) in [6.45, 7) is 2.75. The molecule has 136 valence electrons. The van der Waals surface area contributed by atoms with Gasteiger partial charge in [0.15, 0.2) is 5.82 Å². The first-order chi connectivity index (χ1) is 12.7. The highest BCUT2D eigenvalue weighted by Gasteiger charge is 2.30. The Morgan fingerprint density at radius 3 is 2.88 bits per heavy atom. The van der Waals surface area contributed by atoms with Crippen LogP contribution in [-0.2, 0) is 24.2 Å². The number of hydrogen-bond acceptors (Lipinski definition) is 4. The summed E-state index contributed by atoms with van der Waals surface area (Å²) < 4.78 is 0. The van der Waals surface area contributed by atoms with E-state index in [2.05, 4.69) is 16.9 Å². The highest BCUT2D eigenvalue weighted by molar-refractivity contribution is 5.79. The van der Waals surface area contributed by atoms with Gasteiger partial charge in [0.05, 0.1) is 12.5 Å². The monoisotopic (exact) mass is 350 g/mol. The minimum absolute atomic E-state index is 0.0184. The summed E-state index contributed by atoms with van der Waals surface area (Å²) in [6.07, 6.45) is 6.54. The molecule has 5 nitrogen and oxygen atoms in total. The molecule has 0 N–H and O–H groups in total. The van der Waals surface area contributed by atoms with Crippen molar-refractivity contribution in [1.82, 2.24) is 19.8 Å². The number of piperidine rings is 1. The molecule has 2 aromatic rings. The molecular formula is C21H26N4O. The highest BCUT2D eigenvalue weighted by atomic mass is 16.2. The third-order valence-electron chi connectivity index (χ3n) is 5.46. The lowest BCUT2D eigenvalue weighted by molar-refractivity contribution is -0.134. The fraction of sp³-hybridized carbons (Fsp3) is 0.476. The number of carbonyl (C=O) groups is 1. The van der Waals surface area contributed by atoms with E-state index in [9.17, 15) is 4.79 Å². The average molecular weight is 350 g/mol. The van der Waals surface area contributed by atoms with Crippen molar-refractivity contribution in [3.63, 3.8) is 0 Å². The largest absolute Gasteiger partial charge is 0.332 e. The van der Waals surface area contributed by atoms with Crippen molar-refractivity contribution >= 4 is 5.91 Å². The molecule has 1 aromatic heterocycles. The topological polar surface area (TPSA) is 49.3 Å². The second kappa shape index (κ2) is 7.54. The van der Waals surface area contributed by atoms with Crippen LogP contribution in [0.5, 0.6) is 0 Å². The quantitative estimate of drug-likeness (QED) is 0.854. The van der Waals surface area contributed by atoms with Gasteiger partial charge in [0.1, 0.15) is 0 Å². The molecule has 0 saturated carbocycles. The number of benzene rings is 1. The van der Waals surface area contributed by atoms with Crippen LogP contribution in [0, 0.1) is 0 Å². The van der Waals surface area contributed by atoms with Gasteiger partial charge in [-0.2, -0.15) is 0 Å². The summed E-state index contributed by atoms with van der Waals surface area (Å²) >= 11 is 0. The number of likely N-dealkylation sites (tertiary alicyclic amines) is 1. The van der Waals surface area contributed by atoms with Gasteiger partial charge < -0.3 is 9.80 Å². The first-order valence-electron chi connectivity index (χ1n) is 9.57. The zero-order valence-electron chi connectivity index (χ0n) is 15.4. The maximum Gasteiger partial charge on any atom is 0.227 e. The maximum absolute atomic E-state index is 12.9. The van der Waals surface area contributed by atoms with E-state index in [1.165, 1.54) is 5.56 Å². The lowest BCUT2D eigenvalue weighted by Crippen LogP contribution is -2.40. The van der Waals surface area contributed by atoms with Crippen molar-refractivity contribution in [1.29, 1.82) is 0 Å². The lowest BCUT2D eigenvalue weighted by Gasteiger charge is -2.35. The van der Waals surface area contributed by atoms with Crippen LogP contribution >= 0.6 is 0 Å². The van der Waals surface area contributed by atoms with Gasteiger partial charge in [0.25, 0.3) is 0 Å². The number of aromatic nitrogens is 2. The van der Waals surface area contributed by atoms with Gasteiger partial charge in [-0.05, 0) is 31.9 Å². The SMILES string of the molecule is CN1CCc2nc([C@@H]3CCCCN3C(=O)Cc3ccccc3)ncc2C1. The van der Waals surface area contributed by atoms with E-state index in [4.69, 9.17) is 4.98 Å². The van der Waals surface area contributed by atoms with Gasteiger partial charge in [0, 0.05) is 43.5 Å². The van der Waals surface area contributed by atoms with E-state index in [1.54, 1.807) is 0 Å². The van der Waals surface area contributed by atoms with Gasteiger partial charge in [-0.1, -0.05) is 30.3 Å². The Labute approximate surface area is 155 Å². The molecule has 1 fully saturated rings. The molecule has 2 aliphatic heterocycles. The predicted octanol–water partition coefficient (Wildman–Crippen LogP) is 2.76. The van der Waals surface area contributed by atoms with Crippen LogP contribution in [0.25, 0.3) is 0 Å². The first-order valence-corrected chi connectivity index (χ1v) is 9.57. The molecule has 0 unspecified atom stereocenters. The molecule has 0 spiro atoms. The normalized spacial score (nSPS) is 20.7. The number of carbonyl (C=O) groups excluding carboxylic acids is 1. The Hall–Kier alpha value is -2.27. The molecule has 1 aromatic carbocycles. The van der Waals surface area contributed by atoms with Crippen LogP contribution in [0.4, 0.5) is 0 Å². The Kier molecular flexibility index (Phi) is 4.98. The van der Waals surface area contributed by atoms with Gasteiger partial charge >= 0.3 is 0 Å². The molecule has 1 amide bonds. The van der Waals surface area contributed by atoms with Crippen LogP contribution < -0.4 is 0 Å². The van der Waals surface area contributed by atoms with E-state index in [0.29, 0.717) is 6.42 Å². The van der Waals surface area contributed by atoms with E-state index in [-0.39, 0.29) is 11.9 Å². The van der Waals surface area contributed by atoms with Crippen LogP contribution in [0.3, 0.4) is 0 Å². The molecule has 0 bridgehead atoms. The van der Waals surface area contributed by atoms with Crippen LogP contribution in [0.2, 0.25) is 0 Å². The van der Waals surface area contributed by atoms with Crippen LogP contribution in [0.15, 0.2) is 36.5 Å². The summed E-state index contributed by atoms with van der Waals surface area (Å²) in [5, 5.41) is 0. The van der Waals surface area contributed by atoms with Crippen molar-refractivity contribution in [2.24, 2.45) is 0 Å². The molecule has 4 rings (SSSR count). The third kappa shape index (κ3) is 3.63. The summed E-state index contributed by atoms with van der Waals surface area (Å²) in [5.74, 6) is 1.01. The predicted molar refractivity (Wildman–Crippen MR) is 101 cm³/mol. The zero-order valence-corrected chi connectivity index (χ0v) is 15.4. The summed E-state index contributed by atoms with van der Waals surface area (Å²) in [7, 11) is 2.13. The van der Waals surface area contributed by atoms with Gasteiger partial charge in [-0.15, -0.1) is 0 Å². The molecule has 2 aliphatic rings. The fourth-order valence-corrected chi connectivity index (χ4v) is 4.00. The zero-order chi connectivity index (χ0) is 17.9. The number of rotatable bonds is 3. The Morgan fingerprint density at radius 1 is 1.19 bits per heavy atom. The number of amides is 1. The number of hydrogen-bond donors (Lipinski definition) is 0. The Balaban J connectivity index is 1.55. The average Bonchev–Trinajstić information content (AvgIpc) is 2.68. The Bertz CT molecular complexity index is 777. The van der Waals surface area contributed by atoms with Crippen LogP contribution in [-0.4, -0.2) is 45.8 Å². The van der Waals surface area contributed by atoms with Gasteiger partial charge in [-0.25, -0.2) is 9.97 Å². The smallest absolute Gasteiger partial charge is 0.227 e. The lowest BCUT2D eigenvalue weighted by atomic mass is 9.99. The molecule has 0 aliphatic carbocycles. The highest BCUT2D eigenvalue weighted by Crippen LogP contribution is 2.30. The van der Waals surface area contributed by atoms with E-state index in [0.717, 1.165) is 62.4 Å². The van der Waals surface area contributed by atoms with Crippen molar-refractivity contribution in [2.75, 3.05) is 20.1 Å². The summed E-state index contributed by atoms with van der Waals surface area (Å²) in [6, 6.07) is 10.0. The molecule has 3 heterocycles. The van der Waals surface area contributed by atoms with E-state index < -0.39 is 0 Å². The van der Waals surface area contributed by atoms with Crippen molar-refractivity contribution in [2.45, 2.75) is 44.7 Å². The van der Waals surface area contributed by atoms with Crippen molar-refractivity contribution < 1.29 is 4.79 Å². The van der Waals surface area contributed by atoms with Gasteiger partial charge in [0.2, 0.25) is 5.91 Å². The molecule has 1 atom stereocenters. The molecular weight excluding hydrogens is 324 g/mol. The molecule has 26 heavy (non-hydrogen) atoms. The molecule has 0 radical (unpaired) electrons. The second-order valence-corrected chi connectivity index (χ2v) is 7.45. The minimum atomic E-state index is 0.0184. The standard InChI is InChI=1S/C21H26N4O/c1-24-12-10-18-17(15-24)14-22-21(23-18)19-9-5-6-11-25(19)20(26)13-16-7-3-2-4-8-16/h2-4,7-8,14,19H,5-6,9-13,15H2,1H3/t19-/m0/s1. The fourth-order valence-electron chi connectivity index (χ4n) is 4.00. The summed E-state index contributed by atoms with van der Waals surface area (Å²) in [4.78, 5) is 26.8. The number of nitrogens with zero attached hydrogens (tertiary/aromatic N) is 4. The van der Waals surface area contributed by atoms with Crippen molar-refractivity contribution in [3.8, 4) is 0 Å². The van der Waals surface area contributed by atoms with E-state index >= 15 is 0 Å². The number of likely N-dealkylation sites (N-methyl/N-ethyl adjacent to an activating group) is 1. The molecule has 1 saturated heterocycles. The number of fused-ring (bicyclic) bond motifs is 1.